The second kappa shape index (κ2) is 8.35. The zero-order chi connectivity index (χ0) is 20.1. The van der Waals surface area contributed by atoms with Gasteiger partial charge in [-0.3, -0.25) is 9.59 Å². The number of carbonyl (C=O) groups is 3. The molecule has 3 rings (SSSR count). The van der Waals surface area contributed by atoms with E-state index in [0.717, 1.165) is 10.9 Å². The van der Waals surface area contributed by atoms with Crippen molar-refractivity contribution in [2.75, 3.05) is 6.61 Å². The van der Waals surface area contributed by atoms with Gasteiger partial charge >= 0.3 is 5.97 Å². The fourth-order valence-corrected chi connectivity index (χ4v) is 2.75. The molecule has 2 N–H and O–H groups in total. The molecule has 142 valence electrons. The molecule has 0 saturated carbocycles. The molecule has 0 fully saturated rings. The van der Waals surface area contributed by atoms with Crippen LogP contribution in [0.4, 0.5) is 0 Å². The number of ketones is 1. The zero-order valence-electron chi connectivity index (χ0n) is 15.3. The van der Waals surface area contributed by atoms with Crippen LogP contribution >= 0.6 is 0 Å². The Balaban J connectivity index is 1.63. The highest BCUT2D eigenvalue weighted by Crippen LogP contribution is 2.29. The second-order valence-electron chi connectivity index (χ2n) is 6.29. The second-order valence-corrected chi connectivity index (χ2v) is 6.29. The summed E-state index contributed by atoms with van der Waals surface area (Å²) in [5.41, 5.74) is 1.25. The number of hydrogen-bond donors (Lipinski definition) is 2. The molecule has 6 heteroatoms. The maximum absolute atomic E-state index is 12.3. The predicted molar refractivity (Wildman–Crippen MR) is 104 cm³/mol. The number of ether oxygens (including phenoxy) is 1. The van der Waals surface area contributed by atoms with Crippen molar-refractivity contribution in [1.82, 2.24) is 5.32 Å². The van der Waals surface area contributed by atoms with E-state index < -0.39 is 12.6 Å². The molecule has 0 aliphatic carbocycles. The van der Waals surface area contributed by atoms with E-state index in [0.29, 0.717) is 17.5 Å². The van der Waals surface area contributed by atoms with E-state index >= 15 is 0 Å². The SMILES string of the molecule is CC(=O)NCc1ccc(C(=O)COC(=O)c2ccc3ccccc3c2O)cc1. The lowest BCUT2D eigenvalue weighted by molar-refractivity contribution is -0.119. The van der Waals surface area contributed by atoms with Crippen LogP contribution in [0.1, 0.15) is 33.2 Å². The number of hydrogen-bond acceptors (Lipinski definition) is 5. The van der Waals surface area contributed by atoms with Crippen molar-refractivity contribution in [3.05, 3.63) is 77.4 Å². The summed E-state index contributed by atoms with van der Waals surface area (Å²) in [5, 5.41) is 14.3. The van der Waals surface area contributed by atoms with Gasteiger partial charge < -0.3 is 15.2 Å². The van der Waals surface area contributed by atoms with Gasteiger partial charge in [0.1, 0.15) is 11.3 Å². The third-order valence-corrected chi connectivity index (χ3v) is 4.27. The molecular formula is C22H19NO5. The number of amides is 1. The van der Waals surface area contributed by atoms with E-state index in [9.17, 15) is 19.5 Å². The van der Waals surface area contributed by atoms with Crippen molar-refractivity contribution < 1.29 is 24.2 Å². The molecule has 0 heterocycles. The number of Topliss-reactive ketones (excluding diaryl/α,β-unsaturated/α-hetero) is 1. The van der Waals surface area contributed by atoms with E-state index in [2.05, 4.69) is 5.32 Å². The number of aromatic hydroxyl groups is 1. The lowest BCUT2D eigenvalue weighted by Gasteiger charge is -2.09. The molecule has 0 radical (unpaired) electrons. The largest absolute Gasteiger partial charge is 0.506 e. The number of esters is 1. The minimum Gasteiger partial charge on any atom is -0.506 e. The van der Waals surface area contributed by atoms with Crippen LogP contribution in [0.5, 0.6) is 5.75 Å². The number of nitrogens with one attached hydrogen (secondary N) is 1. The van der Waals surface area contributed by atoms with Crippen LogP contribution in [0, 0.1) is 0 Å². The summed E-state index contributed by atoms with van der Waals surface area (Å²) >= 11 is 0. The Labute approximate surface area is 161 Å². The normalized spacial score (nSPS) is 10.5. The molecule has 0 unspecified atom stereocenters. The van der Waals surface area contributed by atoms with Crippen LogP contribution in [0.15, 0.2) is 60.7 Å². The Kier molecular flexibility index (Phi) is 5.69. The van der Waals surface area contributed by atoms with E-state index in [-0.39, 0.29) is 23.0 Å². The van der Waals surface area contributed by atoms with Crippen LogP contribution in [-0.4, -0.2) is 29.4 Å². The molecule has 0 aliphatic heterocycles. The van der Waals surface area contributed by atoms with Gasteiger partial charge in [-0.1, -0.05) is 54.6 Å². The quantitative estimate of drug-likeness (QED) is 0.508. The van der Waals surface area contributed by atoms with Gasteiger partial charge in [0, 0.05) is 24.4 Å². The summed E-state index contributed by atoms with van der Waals surface area (Å²) in [7, 11) is 0. The van der Waals surface area contributed by atoms with E-state index in [1.807, 2.05) is 12.1 Å². The highest BCUT2D eigenvalue weighted by atomic mass is 16.5. The number of carbonyl (C=O) groups excluding carboxylic acids is 3. The van der Waals surface area contributed by atoms with Gasteiger partial charge in [-0.25, -0.2) is 4.79 Å². The van der Waals surface area contributed by atoms with Crippen molar-refractivity contribution in [3.8, 4) is 5.75 Å². The molecule has 0 spiro atoms. The van der Waals surface area contributed by atoms with Crippen molar-refractivity contribution in [3.63, 3.8) is 0 Å². The molecule has 3 aromatic carbocycles. The van der Waals surface area contributed by atoms with Gasteiger partial charge in [-0.05, 0) is 17.0 Å². The Morgan fingerprint density at radius 1 is 0.964 bits per heavy atom. The number of benzene rings is 3. The van der Waals surface area contributed by atoms with Gasteiger partial charge in [-0.2, -0.15) is 0 Å². The molecule has 6 nitrogen and oxygen atoms in total. The molecule has 0 aliphatic rings. The van der Waals surface area contributed by atoms with Crippen molar-refractivity contribution >= 4 is 28.4 Å². The van der Waals surface area contributed by atoms with Gasteiger partial charge in [0.15, 0.2) is 12.4 Å². The minimum absolute atomic E-state index is 0.0113. The first-order chi connectivity index (χ1) is 13.5. The molecule has 0 saturated heterocycles. The van der Waals surface area contributed by atoms with Crippen LogP contribution in [0.2, 0.25) is 0 Å². The Morgan fingerprint density at radius 2 is 1.68 bits per heavy atom. The van der Waals surface area contributed by atoms with Gasteiger partial charge in [0.25, 0.3) is 0 Å². The Bertz CT molecular complexity index is 1040. The van der Waals surface area contributed by atoms with Crippen LogP contribution in [-0.2, 0) is 16.1 Å². The molecule has 1 amide bonds. The van der Waals surface area contributed by atoms with Gasteiger partial charge in [0.2, 0.25) is 5.91 Å². The maximum Gasteiger partial charge on any atom is 0.342 e. The zero-order valence-corrected chi connectivity index (χ0v) is 15.3. The summed E-state index contributed by atoms with van der Waals surface area (Å²) in [5.74, 6) is -1.43. The van der Waals surface area contributed by atoms with E-state index in [4.69, 9.17) is 4.74 Å². The lowest BCUT2D eigenvalue weighted by Crippen LogP contribution is -2.19. The molecule has 0 atom stereocenters. The van der Waals surface area contributed by atoms with E-state index in [1.165, 1.54) is 13.0 Å². The smallest absolute Gasteiger partial charge is 0.342 e. The number of rotatable bonds is 6. The highest BCUT2D eigenvalue weighted by molar-refractivity contribution is 6.03. The van der Waals surface area contributed by atoms with Crippen molar-refractivity contribution in [2.45, 2.75) is 13.5 Å². The summed E-state index contributed by atoms with van der Waals surface area (Å²) in [6.07, 6.45) is 0. The van der Waals surface area contributed by atoms with Crippen LogP contribution < -0.4 is 5.32 Å². The number of phenols is 1. The van der Waals surface area contributed by atoms with E-state index in [1.54, 1.807) is 42.5 Å². The number of phenolic OH excluding ortho intramolecular Hbond substituents is 1. The molecule has 28 heavy (non-hydrogen) atoms. The molecule has 0 aromatic heterocycles. The third-order valence-electron chi connectivity index (χ3n) is 4.27. The Morgan fingerprint density at radius 3 is 2.39 bits per heavy atom. The van der Waals surface area contributed by atoms with Crippen LogP contribution in [0.3, 0.4) is 0 Å². The number of fused-ring (bicyclic) bond motifs is 1. The summed E-state index contributed by atoms with van der Waals surface area (Å²) in [6, 6.07) is 17.0. The van der Waals surface area contributed by atoms with Gasteiger partial charge in [-0.15, -0.1) is 0 Å². The fraction of sp³-hybridized carbons (Fsp3) is 0.136. The molecular weight excluding hydrogens is 358 g/mol. The first kappa shape index (κ1) is 19.1. The first-order valence-corrected chi connectivity index (χ1v) is 8.70. The summed E-state index contributed by atoms with van der Waals surface area (Å²) in [6.45, 7) is 1.37. The fourth-order valence-electron chi connectivity index (χ4n) is 2.75. The monoisotopic (exact) mass is 377 g/mol. The third kappa shape index (κ3) is 4.35. The standard InChI is InChI=1S/C22H19NO5/c1-14(24)23-12-15-6-8-17(9-7-15)20(25)13-28-22(27)19-11-10-16-4-2-3-5-18(16)21(19)26/h2-11,26H,12-13H2,1H3,(H,23,24). The van der Waals surface area contributed by atoms with Crippen LogP contribution in [0.25, 0.3) is 10.8 Å². The predicted octanol–water partition coefficient (Wildman–Crippen LogP) is 3.22. The first-order valence-electron chi connectivity index (χ1n) is 8.70. The topological polar surface area (TPSA) is 92.7 Å². The summed E-state index contributed by atoms with van der Waals surface area (Å²) in [4.78, 5) is 35.4. The van der Waals surface area contributed by atoms with Crippen molar-refractivity contribution in [2.24, 2.45) is 0 Å². The maximum atomic E-state index is 12.3. The summed E-state index contributed by atoms with van der Waals surface area (Å²) < 4.78 is 5.08. The lowest BCUT2D eigenvalue weighted by atomic mass is 10.1. The highest BCUT2D eigenvalue weighted by Gasteiger charge is 2.17. The average Bonchev–Trinajstić information content (AvgIpc) is 2.71. The van der Waals surface area contributed by atoms with Crippen molar-refractivity contribution in [1.29, 1.82) is 0 Å². The molecule has 3 aromatic rings. The minimum atomic E-state index is -0.765. The Hall–Kier alpha value is -3.67. The molecule has 0 bridgehead atoms. The average molecular weight is 377 g/mol. The van der Waals surface area contributed by atoms with Gasteiger partial charge in [0.05, 0.1) is 0 Å².